The van der Waals surface area contributed by atoms with Gasteiger partial charge in [0.05, 0.1) is 33.1 Å². The van der Waals surface area contributed by atoms with E-state index in [9.17, 15) is 4.79 Å². The Hall–Kier alpha value is -2.24. The maximum absolute atomic E-state index is 12.3. The number of halogens is 2. The average molecular weight is 321 g/mol. The SMILES string of the molecule is Nc1c(Cl)cc(C(=O)Nc2cccc3[nH]ncc23)cc1Cl. The summed E-state index contributed by atoms with van der Waals surface area (Å²) < 4.78 is 0. The van der Waals surface area contributed by atoms with Crippen molar-refractivity contribution >= 4 is 51.4 Å². The predicted molar refractivity (Wildman–Crippen MR) is 84.9 cm³/mol. The summed E-state index contributed by atoms with van der Waals surface area (Å²) in [5.74, 6) is -0.326. The lowest BCUT2D eigenvalue weighted by Crippen LogP contribution is -2.12. The van der Waals surface area contributed by atoms with Crippen LogP contribution in [0.15, 0.2) is 36.5 Å². The maximum Gasteiger partial charge on any atom is 0.255 e. The molecule has 0 aliphatic rings. The second-order valence-corrected chi connectivity index (χ2v) is 5.26. The van der Waals surface area contributed by atoms with Gasteiger partial charge in [-0.05, 0) is 24.3 Å². The van der Waals surface area contributed by atoms with Gasteiger partial charge in [0.15, 0.2) is 0 Å². The molecule has 3 rings (SSSR count). The summed E-state index contributed by atoms with van der Waals surface area (Å²) in [5.41, 5.74) is 7.73. The van der Waals surface area contributed by atoms with Crippen LogP contribution in [0.5, 0.6) is 0 Å². The smallest absolute Gasteiger partial charge is 0.255 e. The van der Waals surface area contributed by atoms with Crippen molar-refractivity contribution in [3.63, 3.8) is 0 Å². The summed E-state index contributed by atoms with van der Waals surface area (Å²) in [7, 11) is 0. The van der Waals surface area contributed by atoms with E-state index in [1.54, 1.807) is 12.3 Å². The highest BCUT2D eigenvalue weighted by Crippen LogP contribution is 2.29. The minimum atomic E-state index is -0.326. The van der Waals surface area contributed by atoms with Gasteiger partial charge in [-0.3, -0.25) is 9.89 Å². The third kappa shape index (κ3) is 2.53. The molecule has 21 heavy (non-hydrogen) atoms. The first kappa shape index (κ1) is 13.7. The standard InChI is InChI=1S/C14H10Cl2N4O/c15-9-4-7(5-10(16)13(9)17)14(21)19-11-2-1-3-12-8(11)6-18-20-12/h1-6H,17H2,(H,18,20)(H,19,21). The molecule has 1 amide bonds. The van der Waals surface area contributed by atoms with Crippen LogP contribution in [0.3, 0.4) is 0 Å². The minimum absolute atomic E-state index is 0.245. The zero-order valence-electron chi connectivity index (χ0n) is 10.7. The van der Waals surface area contributed by atoms with Gasteiger partial charge in [-0.25, -0.2) is 0 Å². The zero-order valence-corrected chi connectivity index (χ0v) is 12.2. The van der Waals surface area contributed by atoms with Gasteiger partial charge in [0, 0.05) is 10.9 Å². The molecule has 0 atom stereocenters. The Morgan fingerprint density at radius 2 is 1.95 bits per heavy atom. The molecule has 4 N–H and O–H groups in total. The number of aromatic nitrogens is 2. The number of amides is 1. The number of anilines is 2. The van der Waals surface area contributed by atoms with Gasteiger partial charge < -0.3 is 11.1 Å². The van der Waals surface area contributed by atoms with Crippen molar-refractivity contribution < 1.29 is 4.79 Å². The Labute approximate surface area is 130 Å². The summed E-state index contributed by atoms with van der Waals surface area (Å²) in [6, 6.07) is 8.44. The van der Waals surface area contributed by atoms with E-state index in [-0.39, 0.29) is 21.6 Å². The van der Waals surface area contributed by atoms with Crippen molar-refractivity contribution in [3.8, 4) is 0 Å². The van der Waals surface area contributed by atoms with E-state index < -0.39 is 0 Å². The molecule has 0 unspecified atom stereocenters. The molecule has 1 aromatic heterocycles. The number of rotatable bonds is 2. The molecule has 5 nitrogen and oxygen atoms in total. The lowest BCUT2D eigenvalue weighted by molar-refractivity contribution is 0.102. The quantitative estimate of drug-likeness (QED) is 0.629. The Morgan fingerprint density at radius 3 is 2.67 bits per heavy atom. The van der Waals surface area contributed by atoms with Crippen molar-refractivity contribution in [3.05, 3.63) is 52.1 Å². The summed E-state index contributed by atoms with van der Waals surface area (Å²) in [6.07, 6.45) is 1.65. The number of aromatic amines is 1. The predicted octanol–water partition coefficient (Wildman–Crippen LogP) is 3.70. The zero-order chi connectivity index (χ0) is 15.0. The molecule has 0 radical (unpaired) electrons. The molecule has 106 valence electrons. The highest BCUT2D eigenvalue weighted by Gasteiger charge is 2.13. The number of hydrogen-bond donors (Lipinski definition) is 3. The van der Waals surface area contributed by atoms with Crippen molar-refractivity contribution in [2.45, 2.75) is 0 Å². The van der Waals surface area contributed by atoms with E-state index in [4.69, 9.17) is 28.9 Å². The van der Waals surface area contributed by atoms with Crippen LogP contribution in [0, 0.1) is 0 Å². The summed E-state index contributed by atoms with van der Waals surface area (Å²) >= 11 is 11.9. The van der Waals surface area contributed by atoms with Crippen LogP contribution in [0.2, 0.25) is 10.0 Å². The number of nitrogens with zero attached hydrogens (tertiary/aromatic N) is 1. The normalized spacial score (nSPS) is 10.8. The highest BCUT2D eigenvalue weighted by atomic mass is 35.5. The Kier molecular flexibility index (Phi) is 3.45. The third-order valence-electron chi connectivity index (χ3n) is 3.07. The van der Waals surface area contributed by atoms with Crippen LogP contribution in [-0.2, 0) is 0 Å². The number of benzene rings is 2. The Balaban J connectivity index is 1.95. The molecule has 2 aromatic carbocycles. The first-order chi connectivity index (χ1) is 10.1. The molecular weight excluding hydrogens is 311 g/mol. The third-order valence-corrected chi connectivity index (χ3v) is 3.70. The largest absolute Gasteiger partial charge is 0.396 e. The number of nitrogens with two attached hydrogens (primary N) is 1. The van der Waals surface area contributed by atoms with Crippen LogP contribution in [-0.4, -0.2) is 16.1 Å². The van der Waals surface area contributed by atoms with Crippen LogP contribution in [0.1, 0.15) is 10.4 Å². The Morgan fingerprint density at radius 1 is 1.24 bits per heavy atom. The van der Waals surface area contributed by atoms with Gasteiger partial charge in [0.1, 0.15) is 0 Å². The first-order valence-electron chi connectivity index (χ1n) is 6.04. The molecule has 0 spiro atoms. The summed E-state index contributed by atoms with van der Waals surface area (Å²) in [5, 5.41) is 10.9. The minimum Gasteiger partial charge on any atom is -0.396 e. The fourth-order valence-corrected chi connectivity index (χ4v) is 2.47. The lowest BCUT2D eigenvalue weighted by atomic mass is 10.1. The number of nitrogens with one attached hydrogen (secondary N) is 2. The Bertz CT molecular complexity index is 821. The number of carbonyl (C=O) groups is 1. The van der Waals surface area contributed by atoms with Crippen molar-refractivity contribution in [1.82, 2.24) is 10.2 Å². The van der Waals surface area contributed by atoms with Gasteiger partial charge in [0.25, 0.3) is 5.91 Å². The van der Waals surface area contributed by atoms with Gasteiger partial charge in [-0.15, -0.1) is 0 Å². The van der Waals surface area contributed by atoms with Crippen LogP contribution in [0.4, 0.5) is 11.4 Å². The van der Waals surface area contributed by atoms with Gasteiger partial charge in [0.2, 0.25) is 0 Å². The molecule has 7 heteroatoms. The average Bonchev–Trinajstić information content (AvgIpc) is 2.93. The number of fused-ring (bicyclic) bond motifs is 1. The van der Waals surface area contributed by atoms with Crippen LogP contribution < -0.4 is 11.1 Å². The molecule has 0 aliphatic carbocycles. The molecule has 0 fully saturated rings. The number of carbonyl (C=O) groups excluding carboxylic acids is 1. The molecule has 0 bridgehead atoms. The number of nitrogen functional groups attached to an aromatic ring is 1. The fraction of sp³-hybridized carbons (Fsp3) is 0. The molecule has 1 heterocycles. The number of H-pyrrole nitrogens is 1. The number of hydrogen-bond acceptors (Lipinski definition) is 3. The van der Waals surface area contributed by atoms with Gasteiger partial charge in [-0.1, -0.05) is 29.3 Å². The van der Waals surface area contributed by atoms with Crippen LogP contribution >= 0.6 is 23.2 Å². The molecule has 3 aromatic rings. The van der Waals surface area contributed by atoms with Crippen molar-refractivity contribution in [2.24, 2.45) is 0 Å². The van der Waals surface area contributed by atoms with E-state index in [0.717, 1.165) is 10.9 Å². The van der Waals surface area contributed by atoms with E-state index >= 15 is 0 Å². The molecule has 0 saturated carbocycles. The van der Waals surface area contributed by atoms with E-state index in [0.29, 0.717) is 11.3 Å². The first-order valence-corrected chi connectivity index (χ1v) is 6.80. The van der Waals surface area contributed by atoms with Gasteiger partial charge >= 0.3 is 0 Å². The molecule has 0 aliphatic heterocycles. The molecule has 0 saturated heterocycles. The summed E-state index contributed by atoms with van der Waals surface area (Å²) in [4.78, 5) is 12.3. The maximum atomic E-state index is 12.3. The van der Waals surface area contributed by atoms with E-state index in [2.05, 4.69) is 15.5 Å². The van der Waals surface area contributed by atoms with E-state index in [1.165, 1.54) is 12.1 Å². The summed E-state index contributed by atoms with van der Waals surface area (Å²) in [6.45, 7) is 0. The van der Waals surface area contributed by atoms with Crippen LogP contribution in [0.25, 0.3) is 10.9 Å². The van der Waals surface area contributed by atoms with E-state index in [1.807, 2.05) is 12.1 Å². The fourth-order valence-electron chi connectivity index (χ4n) is 1.99. The monoisotopic (exact) mass is 320 g/mol. The second-order valence-electron chi connectivity index (χ2n) is 4.44. The van der Waals surface area contributed by atoms with Crippen molar-refractivity contribution in [2.75, 3.05) is 11.1 Å². The second kappa shape index (κ2) is 5.27. The highest BCUT2D eigenvalue weighted by molar-refractivity contribution is 6.39. The molecular formula is C14H10Cl2N4O. The topological polar surface area (TPSA) is 83.8 Å². The van der Waals surface area contributed by atoms with Gasteiger partial charge in [-0.2, -0.15) is 5.10 Å². The lowest BCUT2D eigenvalue weighted by Gasteiger charge is -2.08. The van der Waals surface area contributed by atoms with Crippen molar-refractivity contribution in [1.29, 1.82) is 0 Å².